The van der Waals surface area contributed by atoms with Crippen molar-refractivity contribution in [3.63, 3.8) is 0 Å². The van der Waals surface area contributed by atoms with Crippen molar-refractivity contribution in [3.8, 4) is 34.3 Å². The Kier molecular flexibility index (Phi) is 7.58. The van der Waals surface area contributed by atoms with Crippen LogP contribution in [0.3, 0.4) is 0 Å². The monoisotopic (exact) mass is 777 g/mol. The number of hydrogen-bond donors (Lipinski definition) is 0. The zero-order chi connectivity index (χ0) is 30.5. The Morgan fingerprint density at radius 3 is 2.17 bits per heavy atom. The molecule has 226 valence electrons. The molecule has 3 aromatic heterocycles. The Bertz CT molecular complexity index is 2350. The number of pyridine rings is 1. The third-order valence-corrected chi connectivity index (χ3v) is 8.23. The molecule has 0 saturated carbocycles. The smallest absolute Gasteiger partial charge is 0.509 e. The van der Waals surface area contributed by atoms with Crippen LogP contribution in [0.25, 0.3) is 55.5 Å². The first-order valence-electron chi connectivity index (χ1n) is 15.1. The van der Waals surface area contributed by atoms with Crippen LogP contribution in [0.1, 0.15) is 26.3 Å². The number of nitrogens with zero attached hydrogens (tertiary/aromatic N) is 4. The summed E-state index contributed by atoms with van der Waals surface area (Å²) in [7, 11) is 0. The van der Waals surface area contributed by atoms with Crippen LogP contribution in [0.2, 0.25) is 0 Å². The normalized spacial score (nSPS) is 11.6. The van der Waals surface area contributed by atoms with E-state index in [4.69, 9.17) is 14.8 Å². The molecule has 5 nitrogen and oxygen atoms in total. The molecule has 46 heavy (non-hydrogen) atoms. The molecule has 0 saturated heterocycles. The summed E-state index contributed by atoms with van der Waals surface area (Å²) < 4.78 is 10.5. The molecule has 0 aliphatic carbocycles. The van der Waals surface area contributed by atoms with Crippen LogP contribution in [-0.2, 0) is 26.5 Å². The van der Waals surface area contributed by atoms with Gasteiger partial charge >= 0.3 is 21.1 Å². The minimum atomic E-state index is -0.00293. The van der Waals surface area contributed by atoms with Crippen LogP contribution in [0.4, 0.5) is 0 Å². The Balaban J connectivity index is 0.00000338. The quantitative estimate of drug-likeness (QED) is 0.164. The minimum absolute atomic E-state index is 0. The van der Waals surface area contributed by atoms with E-state index >= 15 is 0 Å². The summed E-state index contributed by atoms with van der Waals surface area (Å²) in [5.41, 5.74) is 7.01. The van der Waals surface area contributed by atoms with E-state index in [0.29, 0.717) is 11.5 Å². The topological polar surface area (TPSA) is 44.9 Å². The van der Waals surface area contributed by atoms with Crippen molar-refractivity contribution in [1.82, 2.24) is 19.3 Å². The summed E-state index contributed by atoms with van der Waals surface area (Å²) in [6.07, 6.45) is 1.89. The first kappa shape index (κ1) is 29.7. The van der Waals surface area contributed by atoms with Gasteiger partial charge in [-0.2, -0.15) is 17.2 Å². The van der Waals surface area contributed by atoms with Crippen molar-refractivity contribution in [3.05, 3.63) is 145 Å². The van der Waals surface area contributed by atoms with Crippen LogP contribution in [0.15, 0.2) is 128 Å². The zero-order valence-corrected chi connectivity index (χ0v) is 27.9. The van der Waals surface area contributed by atoms with Crippen LogP contribution in [0.5, 0.6) is 11.5 Å². The number of fused-ring (bicyclic) bond motifs is 4. The number of para-hydroxylation sites is 2. The van der Waals surface area contributed by atoms with Crippen molar-refractivity contribution in [1.29, 1.82) is 0 Å². The van der Waals surface area contributed by atoms with Gasteiger partial charge in [0.05, 0.1) is 5.52 Å². The summed E-state index contributed by atoms with van der Waals surface area (Å²) in [6, 6.07) is 48.2. The first-order chi connectivity index (χ1) is 21.9. The largest absolute Gasteiger partial charge is 2.00 e. The number of aromatic nitrogens is 4. The summed E-state index contributed by atoms with van der Waals surface area (Å²) in [6.45, 7) is 6.65. The van der Waals surface area contributed by atoms with Crippen molar-refractivity contribution < 1.29 is 25.8 Å². The van der Waals surface area contributed by atoms with Crippen LogP contribution >= 0.6 is 0 Å². The molecule has 0 spiro atoms. The molecule has 8 aromatic rings. The van der Waals surface area contributed by atoms with Crippen molar-refractivity contribution in [2.24, 2.45) is 0 Å². The van der Waals surface area contributed by atoms with E-state index in [1.54, 1.807) is 0 Å². The van der Waals surface area contributed by atoms with Gasteiger partial charge in [-0.05, 0) is 46.3 Å². The second-order valence-corrected chi connectivity index (χ2v) is 12.2. The number of rotatable bonds is 5. The van der Waals surface area contributed by atoms with E-state index in [2.05, 4.69) is 104 Å². The van der Waals surface area contributed by atoms with Gasteiger partial charge < -0.3 is 9.30 Å². The second kappa shape index (κ2) is 11.7. The van der Waals surface area contributed by atoms with E-state index in [9.17, 15) is 0 Å². The molecular weight excluding hydrogens is 748 g/mol. The Morgan fingerprint density at radius 1 is 0.652 bits per heavy atom. The molecule has 0 bridgehead atoms. The fourth-order valence-electron chi connectivity index (χ4n) is 5.98. The van der Waals surface area contributed by atoms with E-state index in [1.165, 1.54) is 5.56 Å². The summed E-state index contributed by atoms with van der Waals surface area (Å²) in [5.74, 6) is 2.04. The average molecular weight is 778 g/mol. The van der Waals surface area contributed by atoms with Gasteiger partial charge in [-0.15, -0.1) is 35.7 Å². The van der Waals surface area contributed by atoms with Gasteiger partial charge in [0.1, 0.15) is 11.5 Å². The maximum absolute atomic E-state index is 6.43. The van der Waals surface area contributed by atoms with E-state index in [0.717, 1.165) is 55.5 Å². The molecule has 3 heterocycles. The number of ether oxygens (including phenoxy) is 1. The van der Waals surface area contributed by atoms with Gasteiger partial charge in [0.2, 0.25) is 0 Å². The van der Waals surface area contributed by atoms with Crippen molar-refractivity contribution >= 4 is 32.7 Å². The molecule has 0 N–H and O–H groups in total. The second-order valence-electron chi connectivity index (χ2n) is 12.2. The van der Waals surface area contributed by atoms with E-state index in [-0.39, 0.29) is 26.5 Å². The predicted molar refractivity (Wildman–Crippen MR) is 182 cm³/mol. The molecule has 0 unspecified atom stereocenters. The van der Waals surface area contributed by atoms with E-state index < -0.39 is 0 Å². The van der Waals surface area contributed by atoms with Gasteiger partial charge in [-0.1, -0.05) is 93.0 Å². The number of hydrogen-bond acceptors (Lipinski definition) is 3. The maximum atomic E-state index is 6.43. The Hall–Kier alpha value is -4.99. The molecule has 6 heteroatoms. The van der Waals surface area contributed by atoms with Gasteiger partial charge in [-0.25, -0.2) is 4.98 Å². The zero-order valence-electron chi connectivity index (χ0n) is 25.6. The maximum Gasteiger partial charge on any atom is 2.00 e. The third kappa shape index (κ3) is 5.21. The molecule has 8 rings (SSSR count). The van der Waals surface area contributed by atoms with Crippen LogP contribution in [0, 0.1) is 12.1 Å². The van der Waals surface area contributed by atoms with E-state index in [1.807, 2.05) is 65.5 Å². The van der Waals surface area contributed by atoms with Crippen molar-refractivity contribution in [2.45, 2.75) is 26.2 Å². The Labute approximate surface area is 282 Å². The van der Waals surface area contributed by atoms with Gasteiger partial charge in [0, 0.05) is 34.2 Å². The standard InChI is InChI=1S/C40H30N4O.Pt/c1-40(2,3)28-22-23-41-38(24-28)43-35-18-9-7-16-32(35)33-21-20-31(26-37(33)43)45-30-15-11-14-29(25-30)44-36-19-10-8-17-34(36)39(42-44)27-12-5-4-6-13-27;/h4-24H,1-3H3;/q-2;+2. The van der Waals surface area contributed by atoms with Crippen LogP contribution in [-0.4, -0.2) is 19.3 Å². The average Bonchev–Trinajstić information content (AvgIpc) is 3.61. The van der Waals surface area contributed by atoms with Gasteiger partial charge in [-0.3, -0.25) is 4.68 Å². The third-order valence-electron chi connectivity index (χ3n) is 8.23. The molecular formula is C40H30N4OPt. The fraction of sp³-hybridized carbons (Fsp3) is 0.100. The first-order valence-corrected chi connectivity index (χ1v) is 15.1. The molecule has 0 amide bonds. The predicted octanol–water partition coefficient (Wildman–Crippen LogP) is 9.87. The molecule has 5 aromatic carbocycles. The SMILES string of the molecule is CC(C)(C)c1ccnc(-n2c3[c-]c(Oc4[c-]c(-n5nc(-c6ccccc6)c6ccccc65)ccc4)ccc3c3ccccc32)c1.[Pt+2]. The minimum Gasteiger partial charge on any atom is -0.509 e. The van der Waals surface area contributed by atoms with Crippen molar-refractivity contribution in [2.75, 3.05) is 0 Å². The Morgan fingerprint density at radius 2 is 1.37 bits per heavy atom. The summed E-state index contributed by atoms with van der Waals surface area (Å²) in [4.78, 5) is 4.79. The molecule has 0 aliphatic rings. The summed E-state index contributed by atoms with van der Waals surface area (Å²) >= 11 is 0. The molecule has 0 fully saturated rings. The molecule has 0 radical (unpaired) electrons. The molecule has 0 atom stereocenters. The summed E-state index contributed by atoms with van der Waals surface area (Å²) in [5, 5.41) is 8.34. The fourth-order valence-corrected chi connectivity index (χ4v) is 5.98. The van der Waals surface area contributed by atoms with Crippen LogP contribution < -0.4 is 4.74 Å². The number of benzene rings is 5. The molecule has 0 aliphatic heterocycles. The van der Waals surface area contributed by atoms with Gasteiger partial charge in [0.25, 0.3) is 0 Å². The van der Waals surface area contributed by atoms with Gasteiger partial charge in [0.15, 0.2) is 0 Å².